The first kappa shape index (κ1) is 15.3. The zero-order valence-corrected chi connectivity index (χ0v) is 13.3. The molecule has 1 aliphatic rings. The second kappa shape index (κ2) is 7.04. The summed E-state index contributed by atoms with van der Waals surface area (Å²) in [5, 5.41) is 3.13. The van der Waals surface area contributed by atoms with Gasteiger partial charge in [0, 0.05) is 37.5 Å². The van der Waals surface area contributed by atoms with Gasteiger partial charge in [-0.1, -0.05) is 6.92 Å². The average molecular weight is 297 g/mol. The van der Waals surface area contributed by atoms with E-state index in [1.807, 2.05) is 0 Å². The monoisotopic (exact) mass is 297 g/mol. The van der Waals surface area contributed by atoms with Gasteiger partial charge >= 0.3 is 5.97 Å². The number of hydrogen-bond donors (Lipinski definition) is 0. The first-order valence-corrected chi connectivity index (χ1v) is 8.02. The fraction of sp³-hybridized carbons (Fsp3) is 0.714. The number of carbonyl (C=O) groups is 1. The molecule has 1 unspecified atom stereocenters. The number of nitrogens with zero attached hydrogens (tertiary/aromatic N) is 3. The lowest BCUT2D eigenvalue weighted by Crippen LogP contribution is -2.51. The van der Waals surface area contributed by atoms with Crippen LogP contribution in [0.5, 0.6) is 0 Å². The number of hydrogen-bond acceptors (Lipinski definition) is 6. The largest absolute Gasteiger partial charge is 0.469 e. The zero-order chi connectivity index (χ0) is 14.5. The van der Waals surface area contributed by atoms with Gasteiger partial charge in [0.25, 0.3) is 0 Å². The number of thiazole rings is 1. The van der Waals surface area contributed by atoms with E-state index < -0.39 is 0 Å². The molecule has 0 bridgehead atoms. The molecule has 1 aromatic rings. The lowest BCUT2D eigenvalue weighted by Gasteiger charge is -2.39. The van der Waals surface area contributed by atoms with Crippen LogP contribution in [-0.2, 0) is 16.0 Å². The number of methoxy groups -OCH3 is 1. The third kappa shape index (κ3) is 3.70. The molecule has 2 heterocycles. The van der Waals surface area contributed by atoms with Gasteiger partial charge < -0.3 is 9.64 Å². The summed E-state index contributed by atoms with van der Waals surface area (Å²) in [5.41, 5.74) is 0.987. The van der Waals surface area contributed by atoms with Crippen molar-refractivity contribution in [1.82, 2.24) is 9.88 Å². The molecule has 0 N–H and O–H groups in total. The quantitative estimate of drug-likeness (QED) is 0.775. The summed E-state index contributed by atoms with van der Waals surface area (Å²) in [7, 11) is 1.42. The van der Waals surface area contributed by atoms with Crippen molar-refractivity contribution >= 4 is 22.4 Å². The minimum atomic E-state index is -0.176. The van der Waals surface area contributed by atoms with Crippen LogP contribution in [0, 0.1) is 0 Å². The smallest absolute Gasteiger partial charge is 0.305 e. The number of ether oxygens (including phenoxy) is 1. The summed E-state index contributed by atoms with van der Waals surface area (Å²) < 4.78 is 4.65. The van der Waals surface area contributed by atoms with Crippen molar-refractivity contribution in [2.75, 3.05) is 38.2 Å². The molecule has 0 spiro atoms. The van der Waals surface area contributed by atoms with Gasteiger partial charge in [0.2, 0.25) is 0 Å². The van der Waals surface area contributed by atoms with Crippen LogP contribution < -0.4 is 4.90 Å². The maximum absolute atomic E-state index is 11.1. The normalized spacial score (nSPS) is 20.1. The van der Waals surface area contributed by atoms with Crippen LogP contribution in [0.1, 0.15) is 26.0 Å². The SMILES string of the molecule is CCN1CCN(c2nc(CCC(=O)OC)cs2)CC1C. The molecule has 0 amide bonds. The van der Waals surface area contributed by atoms with Crippen LogP contribution in [0.25, 0.3) is 0 Å². The number of rotatable bonds is 5. The van der Waals surface area contributed by atoms with E-state index in [1.54, 1.807) is 11.3 Å². The lowest BCUT2D eigenvalue weighted by atomic mass is 10.2. The molecule has 1 saturated heterocycles. The Hall–Kier alpha value is -1.14. The molecule has 0 aromatic carbocycles. The Bertz CT molecular complexity index is 449. The molecule has 6 heteroatoms. The lowest BCUT2D eigenvalue weighted by molar-refractivity contribution is -0.140. The molecule has 2 rings (SSSR count). The second-order valence-corrected chi connectivity index (χ2v) is 5.96. The van der Waals surface area contributed by atoms with Gasteiger partial charge in [0.05, 0.1) is 19.2 Å². The van der Waals surface area contributed by atoms with Crippen molar-refractivity contribution in [3.8, 4) is 0 Å². The Balaban J connectivity index is 1.90. The Morgan fingerprint density at radius 1 is 1.55 bits per heavy atom. The van der Waals surface area contributed by atoms with E-state index in [1.165, 1.54) is 7.11 Å². The van der Waals surface area contributed by atoms with Crippen molar-refractivity contribution in [2.24, 2.45) is 0 Å². The predicted octanol–water partition coefficient (Wildman–Crippen LogP) is 1.78. The van der Waals surface area contributed by atoms with Crippen LogP contribution in [0.4, 0.5) is 5.13 Å². The van der Waals surface area contributed by atoms with Gasteiger partial charge in [-0.2, -0.15) is 0 Å². The Morgan fingerprint density at radius 2 is 2.35 bits per heavy atom. The van der Waals surface area contributed by atoms with E-state index in [0.717, 1.165) is 37.0 Å². The molecule has 1 fully saturated rings. The number of likely N-dealkylation sites (N-methyl/N-ethyl adjacent to an activating group) is 1. The third-order valence-electron chi connectivity index (χ3n) is 3.79. The van der Waals surface area contributed by atoms with Gasteiger partial charge in [-0.3, -0.25) is 9.69 Å². The number of piperazine rings is 1. The van der Waals surface area contributed by atoms with Crippen LogP contribution >= 0.6 is 11.3 Å². The van der Waals surface area contributed by atoms with Gasteiger partial charge in [0.15, 0.2) is 5.13 Å². The molecular formula is C14H23N3O2S. The molecule has 0 radical (unpaired) electrons. The van der Waals surface area contributed by atoms with Crippen LogP contribution in [0.15, 0.2) is 5.38 Å². The van der Waals surface area contributed by atoms with E-state index in [4.69, 9.17) is 0 Å². The van der Waals surface area contributed by atoms with Gasteiger partial charge in [-0.15, -0.1) is 11.3 Å². The van der Waals surface area contributed by atoms with Gasteiger partial charge in [-0.25, -0.2) is 4.98 Å². The molecule has 0 saturated carbocycles. The molecule has 1 atom stereocenters. The van der Waals surface area contributed by atoms with E-state index in [9.17, 15) is 4.79 Å². The topological polar surface area (TPSA) is 45.7 Å². The Labute approximate surface area is 124 Å². The van der Waals surface area contributed by atoms with E-state index in [0.29, 0.717) is 18.9 Å². The molecule has 1 aliphatic heterocycles. The van der Waals surface area contributed by atoms with Gasteiger partial charge in [0.1, 0.15) is 0 Å². The Kier molecular flexibility index (Phi) is 5.37. The van der Waals surface area contributed by atoms with Crippen LogP contribution in [-0.4, -0.2) is 55.2 Å². The first-order chi connectivity index (χ1) is 9.63. The van der Waals surface area contributed by atoms with Crippen molar-refractivity contribution in [2.45, 2.75) is 32.7 Å². The highest BCUT2D eigenvalue weighted by molar-refractivity contribution is 7.13. The van der Waals surface area contributed by atoms with E-state index in [-0.39, 0.29) is 5.97 Å². The predicted molar refractivity (Wildman–Crippen MR) is 81.4 cm³/mol. The summed E-state index contributed by atoms with van der Waals surface area (Å²) in [6.45, 7) is 8.73. The highest BCUT2D eigenvalue weighted by atomic mass is 32.1. The van der Waals surface area contributed by atoms with Crippen LogP contribution in [0.3, 0.4) is 0 Å². The van der Waals surface area contributed by atoms with Crippen molar-refractivity contribution in [1.29, 1.82) is 0 Å². The number of aryl methyl sites for hydroxylation is 1. The summed E-state index contributed by atoms with van der Waals surface area (Å²) in [6.07, 6.45) is 1.06. The highest BCUT2D eigenvalue weighted by Crippen LogP contribution is 2.24. The average Bonchev–Trinajstić information content (AvgIpc) is 2.93. The molecule has 0 aliphatic carbocycles. The number of anilines is 1. The fourth-order valence-electron chi connectivity index (χ4n) is 2.53. The maximum atomic E-state index is 11.1. The van der Waals surface area contributed by atoms with Crippen molar-refractivity contribution < 1.29 is 9.53 Å². The summed E-state index contributed by atoms with van der Waals surface area (Å²) in [4.78, 5) is 20.6. The second-order valence-electron chi connectivity index (χ2n) is 5.12. The van der Waals surface area contributed by atoms with E-state index >= 15 is 0 Å². The minimum absolute atomic E-state index is 0.176. The number of aromatic nitrogens is 1. The first-order valence-electron chi connectivity index (χ1n) is 7.14. The highest BCUT2D eigenvalue weighted by Gasteiger charge is 2.24. The van der Waals surface area contributed by atoms with Gasteiger partial charge in [-0.05, 0) is 13.5 Å². The fourth-order valence-corrected chi connectivity index (χ4v) is 3.42. The number of carbonyl (C=O) groups excluding carboxylic acids is 1. The maximum Gasteiger partial charge on any atom is 0.305 e. The molecular weight excluding hydrogens is 274 g/mol. The number of esters is 1. The zero-order valence-electron chi connectivity index (χ0n) is 12.5. The molecule has 20 heavy (non-hydrogen) atoms. The summed E-state index contributed by atoms with van der Waals surface area (Å²) in [5.74, 6) is -0.176. The van der Waals surface area contributed by atoms with Crippen molar-refractivity contribution in [3.05, 3.63) is 11.1 Å². The molecule has 1 aromatic heterocycles. The van der Waals surface area contributed by atoms with Crippen LogP contribution in [0.2, 0.25) is 0 Å². The minimum Gasteiger partial charge on any atom is -0.469 e. The standard InChI is InChI=1S/C14H23N3O2S/c1-4-16-7-8-17(9-11(16)2)14-15-12(10-20-14)5-6-13(18)19-3/h10-11H,4-9H2,1-3H3. The summed E-state index contributed by atoms with van der Waals surface area (Å²) in [6, 6.07) is 0.566. The molecule has 5 nitrogen and oxygen atoms in total. The molecule has 112 valence electrons. The summed E-state index contributed by atoms with van der Waals surface area (Å²) >= 11 is 1.67. The van der Waals surface area contributed by atoms with E-state index in [2.05, 4.69) is 38.7 Å². The Morgan fingerprint density at radius 3 is 3.00 bits per heavy atom. The van der Waals surface area contributed by atoms with Crippen molar-refractivity contribution in [3.63, 3.8) is 0 Å². The third-order valence-corrected chi connectivity index (χ3v) is 4.74.